The first-order chi connectivity index (χ1) is 9.11. The van der Waals surface area contributed by atoms with Gasteiger partial charge in [-0.1, -0.05) is 41.4 Å². The molecule has 0 saturated carbocycles. The highest BCUT2D eigenvalue weighted by Crippen LogP contribution is 2.28. The van der Waals surface area contributed by atoms with E-state index < -0.39 is 0 Å². The van der Waals surface area contributed by atoms with Gasteiger partial charge in [0, 0.05) is 29.3 Å². The largest absolute Gasteiger partial charge is 0.366 e. The van der Waals surface area contributed by atoms with Gasteiger partial charge in [-0.25, -0.2) is 0 Å². The average molecular weight is 295 g/mol. The summed E-state index contributed by atoms with van der Waals surface area (Å²) < 4.78 is 0. The van der Waals surface area contributed by atoms with Crippen molar-refractivity contribution in [3.05, 3.63) is 64.1 Å². The van der Waals surface area contributed by atoms with E-state index in [1.807, 2.05) is 37.4 Å². The molecule has 0 aliphatic carbocycles. The number of hydrogen-bond donors (Lipinski definition) is 1. The Bertz CT molecular complexity index is 523. The first kappa shape index (κ1) is 14.2. The van der Waals surface area contributed by atoms with Gasteiger partial charge in [-0.2, -0.15) is 0 Å². The first-order valence-corrected chi connectivity index (χ1v) is 6.81. The second-order valence-electron chi connectivity index (χ2n) is 4.40. The van der Waals surface area contributed by atoms with Crippen molar-refractivity contribution in [2.24, 2.45) is 5.73 Å². The number of nitrogens with zero attached hydrogens (tertiary/aromatic N) is 1. The van der Waals surface area contributed by atoms with E-state index >= 15 is 0 Å². The Labute approximate surface area is 123 Å². The fourth-order valence-electron chi connectivity index (χ4n) is 2.13. The summed E-state index contributed by atoms with van der Waals surface area (Å²) in [4.78, 5) is 2.13. The Morgan fingerprint density at radius 1 is 1.05 bits per heavy atom. The van der Waals surface area contributed by atoms with Crippen LogP contribution < -0.4 is 10.6 Å². The molecule has 0 heterocycles. The van der Waals surface area contributed by atoms with E-state index in [2.05, 4.69) is 17.0 Å². The second kappa shape index (κ2) is 6.29. The van der Waals surface area contributed by atoms with E-state index in [0.29, 0.717) is 16.6 Å². The summed E-state index contributed by atoms with van der Waals surface area (Å²) in [5.74, 6) is 0. The molecule has 2 rings (SSSR count). The van der Waals surface area contributed by atoms with Crippen molar-refractivity contribution in [3.63, 3.8) is 0 Å². The van der Waals surface area contributed by atoms with Crippen LogP contribution in [0.4, 0.5) is 5.69 Å². The summed E-state index contributed by atoms with van der Waals surface area (Å²) in [7, 11) is 2.02. The molecule has 100 valence electrons. The molecule has 0 fully saturated rings. The minimum atomic E-state index is 0.0404. The lowest BCUT2D eigenvalue weighted by atomic mass is 10.1. The standard InChI is InChI=1S/C15H16Cl2N2/c1-19(14-5-3-2-4-6-14)15(10-18)11-7-12(16)9-13(17)8-11/h2-9,15H,10,18H2,1H3. The quantitative estimate of drug-likeness (QED) is 0.919. The summed E-state index contributed by atoms with van der Waals surface area (Å²) >= 11 is 12.1. The van der Waals surface area contributed by atoms with Crippen LogP contribution >= 0.6 is 23.2 Å². The summed E-state index contributed by atoms with van der Waals surface area (Å²) in [6.07, 6.45) is 0. The van der Waals surface area contributed by atoms with Crippen molar-refractivity contribution in [2.75, 3.05) is 18.5 Å². The normalized spacial score (nSPS) is 12.2. The van der Waals surface area contributed by atoms with Gasteiger partial charge in [-0.15, -0.1) is 0 Å². The van der Waals surface area contributed by atoms with Gasteiger partial charge < -0.3 is 10.6 Å². The number of hydrogen-bond acceptors (Lipinski definition) is 2. The average Bonchev–Trinajstić information content (AvgIpc) is 2.39. The minimum absolute atomic E-state index is 0.0404. The van der Waals surface area contributed by atoms with E-state index in [1.165, 1.54) is 0 Å². The zero-order valence-electron chi connectivity index (χ0n) is 10.7. The summed E-state index contributed by atoms with van der Waals surface area (Å²) in [6, 6.07) is 15.7. The van der Waals surface area contributed by atoms with Gasteiger partial charge >= 0.3 is 0 Å². The van der Waals surface area contributed by atoms with Crippen LogP contribution in [0.2, 0.25) is 10.0 Å². The lowest BCUT2D eigenvalue weighted by molar-refractivity contribution is 0.681. The predicted octanol–water partition coefficient (Wildman–Crippen LogP) is 4.13. The number of nitrogens with two attached hydrogens (primary N) is 1. The molecule has 1 unspecified atom stereocenters. The smallest absolute Gasteiger partial charge is 0.0662 e. The highest BCUT2D eigenvalue weighted by molar-refractivity contribution is 6.34. The van der Waals surface area contributed by atoms with Gasteiger partial charge in [0.2, 0.25) is 0 Å². The molecular weight excluding hydrogens is 279 g/mol. The number of likely N-dealkylation sites (N-methyl/N-ethyl adjacent to an activating group) is 1. The summed E-state index contributed by atoms with van der Waals surface area (Å²) in [5, 5.41) is 1.25. The van der Waals surface area contributed by atoms with Crippen LogP contribution in [-0.2, 0) is 0 Å². The molecule has 0 spiro atoms. The Hall–Kier alpha value is -1.22. The van der Waals surface area contributed by atoms with Gasteiger partial charge in [0.05, 0.1) is 6.04 Å². The van der Waals surface area contributed by atoms with Crippen molar-refractivity contribution in [1.82, 2.24) is 0 Å². The summed E-state index contributed by atoms with van der Waals surface area (Å²) in [6.45, 7) is 0.488. The minimum Gasteiger partial charge on any atom is -0.366 e. The molecule has 19 heavy (non-hydrogen) atoms. The van der Waals surface area contributed by atoms with Crippen molar-refractivity contribution in [2.45, 2.75) is 6.04 Å². The van der Waals surface area contributed by atoms with Crippen molar-refractivity contribution < 1.29 is 0 Å². The number of rotatable bonds is 4. The third kappa shape index (κ3) is 3.41. The number of anilines is 1. The molecule has 0 aliphatic heterocycles. The molecule has 4 heteroatoms. The van der Waals surface area contributed by atoms with Crippen LogP contribution in [0.5, 0.6) is 0 Å². The molecule has 0 radical (unpaired) electrons. The molecule has 2 nitrogen and oxygen atoms in total. The third-order valence-electron chi connectivity index (χ3n) is 3.12. The van der Waals surface area contributed by atoms with Crippen molar-refractivity contribution in [1.29, 1.82) is 0 Å². The molecule has 0 aliphatic rings. The molecule has 2 aromatic carbocycles. The van der Waals surface area contributed by atoms with E-state index in [4.69, 9.17) is 28.9 Å². The SMILES string of the molecule is CN(c1ccccc1)C(CN)c1cc(Cl)cc(Cl)c1. The Kier molecular flexibility index (Phi) is 4.70. The number of para-hydroxylation sites is 1. The van der Waals surface area contributed by atoms with Gasteiger partial charge in [-0.05, 0) is 35.9 Å². The van der Waals surface area contributed by atoms with Crippen LogP contribution in [0, 0.1) is 0 Å². The maximum absolute atomic E-state index is 6.06. The van der Waals surface area contributed by atoms with E-state index in [-0.39, 0.29) is 6.04 Å². The molecular formula is C15H16Cl2N2. The molecule has 0 aromatic heterocycles. The second-order valence-corrected chi connectivity index (χ2v) is 5.27. The molecule has 0 saturated heterocycles. The Morgan fingerprint density at radius 2 is 1.63 bits per heavy atom. The third-order valence-corrected chi connectivity index (χ3v) is 3.56. The topological polar surface area (TPSA) is 29.3 Å². The molecule has 2 N–H and O–H groups in total. The monoisotopic (exact) mass is 294 g/mol. The lowest BCUT2D eigenvalue weighted by Gasteiger charge is -2.29. The Balaban J connectivity index is 2.34. The summed E-state index contributed by atoms with van der Waals surface area (Å²) in [5.41, 5.74) is 8.04. The molecule has 0 amide bonds. The fourth-order valence-corrected chi connectivity index (χ4v) is 2.67. The van der Waals surface area contributed by atoms with Gasteiger partial charge in [0.15, 0.2) is 0 Å². The van der Waals surface area contributed by atoms with Crippen molar-refractivity contribution >= 4 is 28.9 Å². The van der Waals surface area contributed by atoms with Crippen molar-refractivity contribution in [3.8, 4) is 0 Å². The van der Waals surface area contributed by atoms with Crippen LogP contribution in [0.1, 0.15) is 11.6 Å². The van der Waals surface area contributed by atoms with Crippen LogP contribution in [0.15, 0.2) is 48.5 Å². The van der Waals surface area contributed by atoms with Gasteiger partial charge in [0.1, 0.15) is 0 Å². The fraction of sp³-hybridized carbons (Fsp3) is 0.200. The maximum atomic E-state index is 6.06. The van der Waals surface area contributed by atoms with E-state index in [0.717, 1.165) is 11.3 Å². The molecule has 2 aromatic rings. The zero-order valence-corrected chi connectivity index (χ0v) is 12.2. The van der Waals surface area contributed by atoms with E-state index in [9.17, 15) is 0 Å². The number of halogens is 2. The lowest BCUT2D eigenvalue weighted by Crippen LogP contribution is -2.30. The number of benzene rings is 2. The van der Waals surface area contributed by atoms with E-state index in [1.54, 1.807) is 6.07 Å². The first-order valence-electron chi connectivity index (χ1n) is 6.05. The van der Waals surface area contributed by atoms with Crippen LogP contribution in [0.3, 0.4) is 0 Å². The zero-order chi connectivity index (χ0) is 13.8. The predicted molar refractivity (Wildman–Crippen MR) is 83.1 cm³/mol. The Morgan fingerprint density at radius 3 is 2.16 bits per heavy atom. The van der Waals surface area contributed by atoms with Gasteiger partial charge in [-0.3, -0.25) is 0 Å². The molecule has 0 bridgehead atoms. The van der Waals surface area contributed by atoms with Crippen LogP contribution in [-0.4, -0.2) is 13.6 Å². The highest BCUT2D eigenvalue weighted by Gasteiger charge is 2.16. The van der Waals surface area contributed by atoms with Gasteiger partial charge in [0.25, 0.3) is 0 Å². The molecule has 1 atom stereocenters. The maximum Gasteiger partial charge on any atom is 0.0662 e. The van der Waals surface area contributed by atoms with Crippen LogP contribution in [0.25, 0.3) is 0 Å². The highest BCUT2D eigenvalue weighted by atomic mass is 35.5.